The molecule has 3 aromatic rings. The maximum atomic E-state index is 14.5. The molecule has 1 aliphatic rings. The molecule has 0 fully saturated rings. The highest BCUT2D eigenvalue weighted by molar-refractivity contribution is 7.89. The fraction of sp³-hybridized carbons (Fsp3) is 0.192. The molecule has 6 nitrogen and oxygen atoms in total. The van der Waals surface area contributed by atoms with Crippen LogP contribution in [0.5, 0.6) is 5.75 Å². The van der Waals surface area contributed by atoms with Crippen LogP contribution < -0.4 is 9.46 Å². The zero-order chi connectivity index (χ0) is 27.0. The number of carboxylic acid groups (broad SMARTS) is 1. The van der Waals surface area contributed by atoms with E-state index in [2.05, 4.69) is 4.72 Å². The number of hydrogen-bond donors (Lipinski definition) is 2. The van der Waals surface area contributed by atoms with E-state index in [1.54, 1.807) is 18.2 Å². The van der Waals surface area contributed by atoms with Crippen molar-refractivity contribution in [1.29, 1.82) is 0 Å². The van der Waals surface area contributed by atoms with E-state index in [-0.39, 0.29) is 29.7 Å². The highest BCUT2D eigenvalue weighted by Crippen LogP contribution is 2.40. The first-order chi connectivity index (χ1) is 17.4. The summed E-state index contributed by atoms with van der Waals surface area (Å²) in [7, 11) is -3.37. The number of methoxy groups -OCH3 is 1. The molecule has 11 heteroatoms. The van der Waals surface area contributed by atoms with Crippen LogP contribution in [0, 0.1) is 5.82 Å². The molecule has 0 aromatic heterocycles. The molecule has 1 aliphatic carbocycles. The summed E-state index contributed by atoms with van der Waals surface area (Å²) in [5.41, 5.74) is 0.335. The molecule has 4 rings (SSSR count). The van der Waals surface area contributed by atoms with Crippen molar-refractivity contribution in [2.75, 3.05) is 7.11 Å². The van der Waals surface area contributed by atoms with Crippen LogP contribution in [0.2, 0.25) is 0 Å². The smallest absolute Gasteiger partial charge is 0.417 e. The Morgan fingerprint density at radius 3 is 2.49 bits per heavy atom. The van der Waals surface area contributed by atoms with Crippen molar-refractivity contribution >= 4 is 22.1 Å². The van der Waals surface area contributed by atoms with Crippen molar-refractivity contribution in [1.82, 2.24) is 4.72 Å². The molecule has 0 aliphatic heterocycles. The summed E-state index contributed by atoms with van der Waals surface area (Å²) in [6.07, 6.45) is -2.21. The highest BCUT2D eigenvalue weighted by atomic mass is 32.2. The summed E-state index contributed by atoms with van der Waals surface area (Å²) >= 11 is 0. The summed E-state index contributed by atoms with van der Waals surface area (Å²) in [5.74, 6) is -1.93. The summed E-state index contributed by atoms with van der Waals surface area (Å²) in [6, 6.07) is 10.7. The number of benzene rings is 3. The van der Waals surface area contributed by atoms with Crippen molar-refractivity contribution in [2.45, 2.75) is 30.0 Å². The molecule has 0 amide bonds. The van der Waals surface area contributed by atoms with Crippen LogP contribution in [0.1, 0.15) is 22.3 Å². The van der Waals surface area contributed by atoms with E-state index in [4.69, 9.17) is 9.84 Å². The first-order valence-corrected chi connectivity index (χ1v) is 12.5. The molecule has 0 saturated heterocycles. The SMILES string of the molecule is COc1cccc(F)c1-c1ccc(S(=O)(=O)NC2Cc3ccc(/C=C/C(=O)O)cc3C2)c(C(F)(F)F)c1. The molecule has 3 aromatic carbocycles. The lowest BCUT2D eigenvalue weighted by Crippen LogP contribution is -2.36. The number of nitrogens with one attached hydrogen (secondary N) is 1. The van der Waals surface area contributed by atoms with Crippen LogP contribution in [-0.2, 0) is 33.8 Å². The lowest BCUT2D eigenvalue weighted by atomic mass is 10.0. The molecule has 194 valence electrons. The fourth-order valence-corrected chi connectivity index (χ4v) is 5.82. The Labute approximate surface area is 210 Å². The minimum atomic E-state index is -5.04. The predicted octanol–water partition coefficient (Wildman–Crippen LogP) is 5.06. The van der Waals surface area contributed by atoms with Gasteiger partial charge in [-0.3, -0.25) is 0 Å². The summed E-state index contributed by atoms with van der Waals surface area (Å²) in [6.45, 7) is 0. The van der Waals surface area contributed by atoms with E-state index in [0.717, 1.165) is 35.4 Å². The van der Waals surface area contributed by atoms with E-state index >= 15 is 0 Å². The molecule has 2 N–H and O–H groups in total. The van der Waals surface area contributed by atoms with Crippen LogP contribution in [0.15, 0.2) is 65.6 Å². The minimum Gasteiger partial charge on any atom is -0.496 e. The zero-order valence-corrected chi connectivity index (χ0v) is 20.2. The second kappa shape index (κ2) is 9.98. The molecule has 1 atom stereocenters. The average Bonchev–Trinajstić information content (AvgIpc) is 3.22. The predicted molar refractivity (Wildman–Crippen MR) is 128 cm³/mol. The minimum absolute atomic E-state index is 0.00291. The number of aliphatic carboxylic acids is 1. The molecule has 0 saturated carbocycles. The van der Waals surface area contributed by atoms with Crippen molar-refractivity contribution in [3.63, 3.8) is 0 Å². The largest absolute Gasteiger partial charge is 0.496 e. The number of fused-ring (bicyclic) bond motifs is 1. The highest BCUT2D eigenvalue weighted by Gasteiger charge is 2.39. The molecule has 0 radical (unpaired) electrons. The Morgan fingerprint density at radius 2 is 1.81 bits per heavy atom. The first kappa shape index (κ1) is 26.4. The number of hydrogen-bond acceptors (Lipinski definition) is 4. The zero-order valence-electron chi connectivity index (χ0n) is 19.3. The van der Waals surface area contributed by atoms with Gasteiger partial charge in [0.05, 0.1) is 23.1 Å². The fourth-order valence-electron chi connectivity index (χ4n) is 4.37. The maximum absolute atomic E-state index is 14.5. The van der Waals surface area contributed by atoms with Gasteiger partial charge in [0.25, 0.3) is 0 Å². The van der Waals surface area contributed by atoms with Gasteiger partial charge in [-0.25, -0.2) is 22.3 Å². The third-order valence-corrected chi connectivity index (χ3v) is 7.54. The maximum Gasteiger partial charge on any atom is 0.417 e. The summed E-state index contributed by atoms with van der Waals surface area (Å²) in [5, 5.41) is 8.78. The van der Waals surface area contributed by atoms with E-state index in [9.17, 15) is 30.8 Å². The van der Waals surface area contributed by atoms with E-state index in [0.29, 0.717) is 11.6 Å². The monoisotopic (exact) mass is 535 g/mol. The van der Waals surface area contributed by atoms with Gasteiger partial charge in [-0.05, 0) is 65.4 Å². The summed E-state index contributed by atoms with van der Waals surface area (Å²) < 4.78 is 90.1. The van der Waals surface area contributed by atoms with Gasteiger partial charge < -0.3 is 9.84 Å². The lowest BCUT2D eigenvalue weighted by molar-refractivity contribution is -0.140. The van der Waals surface area contributed by atoms with Gasteiger partial charge >= 0.3 is 12.1 Å². The van der Waals surface area contributed by atoms with Gasteiger partial charge in [-0.15, -0.1) is 0 Å². The Hall–Kier alpha value is -3.70. The molecule has 37 heavy (non-hydrogen) atoms. The lowest BCUT2D eigenvalue weighted by Gasteiger charge is -2.18. The molecule has 0 bridgehead atoms. The topological polar surface area (TPSA) is 92.7 Å². The van der Waals surface area contributed by atoms with Crippen molar-refractivity contribution < 1.29 is 40.6 Å². The van der Waals surface area contributed by atoms with Gasteiger partial charge in [-0.2, -0.15) is 13.2 Å². The van der Waals surface area contributed by atoms with Gasteiger partial charge in [0, 0.05) is 12.1 Å². The molecule has 0 spiro atoms. The Bertz CT molecular complexity index is 1500. The van der Waals surface area contributed by atoms with Crippen LogP contribution in [-0.4, -0.2) is 32.6 Å². The van der Waals surface area contributed by atoms with Crippen LogP contribution >= 0.6 is 0 Å². The van der Waals surface area contributed by atoms with Crippen molar-refractivity contribution in [3.8, 4) is 16.9 Å². The standard InChI is InChI=1S/C26H21F4NO5S/c1-36-22-4-2-3-21(27)25(22)17-8-9-23(20(14-17)26(28,29)30)37(34,35)31-19-12-16-7-5-15(6-10-24(32)33)11-18(16)13-19/h2-11,14,19,31H,12-13H2,1H3,(H,32,33)/b10-6+. The Kier molecular flexibility index (Phi) is 7.11. The second-order valence-electron chi connectivity index (χ2n) is 8.45. The normalized spacial score (nSPS) is 15.6. The average molecular weight is 536 g/mol. The van der Waals surface area contributed by atoms with E-state index in [1.807, 2.05) is 0 Å². The molecular formula is C26H21F4NO5S. The first-order valence-electron chi connectivity index (χ1n) is 11.0. The number of alkyl halides is 3. The van der Waals surface area contributed by atoms with E-state index in [1.165, 1.54) is 25.3 Å². The van der Waals surface area contributed by atoms with Crippen LogP contribution in [0.25, 0.3) is 17.2 Å². The quantitative estimate of drug-likeness (QED) is 0.326. The summed E-state index contributed by atoms with van der Waals surface area (Å²) in [4.78, 5) is 9.76. The number of ether oxygens (including phenoxy) is 1. The molecule has 1 unspecified atom stereocenters. The van der Waals surface area contributed by atoms with E-state index < -0.39 is 44.5 Å². The third-order valence-electron chi connectivity index (χ3n) is 5.96. The number of halogens is 4. The third kappa shape index (κ3) is 5.67. The van der Waals surface area contributed by atoms with Crippen LogP contribution in [0.4, 0.5) is 17.6 Å². The van der Waals surface area contributed by atoms with Gasteiger partial charge in [0.1, 0.15) is 11.6 Å². The Balaban J connectivity index is 1.65. The van der Waals surface area contributed by atoms with Gasteiger partial charge in [0.2, 0.25) is 10.0 Å². The second-order valence-corrected chi connectivity index (χ2v) is 10.1. The van der Waals surface area contributed by atoms with Gasteiger partial charge in [-0.1, -0.05) is 30.3 Å². The number of sulfonamides is 1. The number of carbonyl (C=O) groups is 1. The molecule has 0 heterocycles. The number of rotatable bonds is 7. The molecular weight excluding hydrogens is 514 g/mol. The number of carboxylic acids is 1. The van der Waals surface area contributed by atoms with Crippen molar-refractivity contribution in [3.05, 3.63) is 88.7 Å². The Morgan fingerprint density at radius 1 is 1.08 bits per heavy atom. The van der Waals surface area contributed by atoms with Gasteiger partial charge in [0.15, 0.2) is 0 Å². The van der Waals surface area contributed by atoms with Crippen molar-refractivity contribution in [2.24, 2.45) is 0 Å². The van der Waals surface area contributed by atoms with Crippen LogP contribution in [0.3, 0.4) is 0 Å².